The van der Waals surface area contributed by atoms with Crippen LogP contribution in [-0.2, 0) is 11.3 Å². The lowest BCUT2D eigenvalue weighted by Gasteiger charge is -2.35. The van der Waals surface area contributed by atoms with E-state index in [4.69, 9.17) is 4.74 Å². The molecule has 4 rings (SSSR count). The first-order valence-corrected chi connectivity index (χ1v) is 9.17. The molecule has 1 saturated heterocycles. The van der Waals surface area contributed by atoms with Crippen LogP contribution in [0.15, 0.2) is 18.5 Å². The number of piperazine rings is 1. The van der Waals surface area contributed by atoms with Crippen LogP contribution in [0.1, 0.15) is 16.3 Å². The molecule has 0 spiro atoms. The monoisotopic (exact) mass is 401 g/mol. The fraction of sp³-hybridized carbons (Fsp3) is 0.389. The molecule has 29 heavy (non-hydrogen) atoms. The highest BCUT2D eigenvalue weighted by atomic mass is 19.1. The van der Waals surface area contributed by atoms with E-state index in [0.29, 0.717) is 44.2 Å². The number of ether oxygens (including phenoxy) is 1. The zero-order chi connectivity index (χ0) is 20.4. The van der Waals surface area contributed by atoms with Gasteiger partial charge in [-0.15, -0.1) is 0 Å². The fourth-order valence-corrected chi connectivity index (χ4v) is 3.28. The maximum absolute atomic E-state index is 14.3. The molecule has 4 heterocycles. The lowest BCUT2D eigenvalue weighted by Crippen LogP contribution is -2.46. The Morgan fingerprint density at radius 1 is 1.28 bits per heavy atom. The Morgan fingerprint density at radius 2 is 2.07 bits per heavy atom. The van der Waals surface area contributed by atoms with Gasteiger partial charge >= 0.3 is 0 Å². The smallest absolute Gasteiger partial charge is 0.288 e. The molecule has 152 valence electrons. The summed E-state index contributed by atoms with van der Waals surface area (Å²) in [4.78, 5) is 39.0. The number of nitrogens with zero attached hydrogens (tertiary/aromatic N) is 5. The third kappa shape index (κ3) is 4.09. The van der Waals surface area contributed by atoms with Crippen molar-refractivity contribution in [1.82, 2.24) is 25.2 Å². The van der Waals surface area contributed by atoms with Gasteiger partial charge in [-0.25, -0.2) is 4.98 Å². The van der Waals surface area contributed by atoms with E-state index in [9.17, 15) is 14.0 Å². The van der Waals surface area contributed by atoms with Crippen molar-refractivity contribution in [3.05, 3.63) is 35.9 Å². The molecule has 2 aliphatic rings. The summed E-state index contributed by atoms with van der Waals surface area (Å²) in [6.45, 7) is 3.16. The summed E-state index contributed by atoms with van der Waals surface area (Å²) in [6.07, 6.45) is 2.96. The van der Waals surface area contributed by atoms with Crippen molar-refractivity contribution in [1.29, 1.82) is 0 Å². The van der Waals surface area contributed by atoms with Gasteiger partial charge in [0.05, 0.1) is 23.8 Å². The molecule has 2 aliphatic heterocycles. The number of amides is 2. The summed E-state index contributed by atoms with van der Waals surface area (Å²) < 4.78 is 19.6. The van der Waals surface area contributed by atoms with Gasteiger partial charge in [0.2, 0.25) is 11.8 Å². The first kappa shape index (κ1) is 19.0. The Balaban J connectivity index is 1.37. The third-order valence-electron chi connectivity index (χ3n) is 4.81. The molecule has 2 aromatic rings. The fourth-order valence-electron chi connectivity index (χ4n) is 3.28. The first-order valence-electron chi connectivity index (χ1n) is 9.17. The van der Waals surface area contributed by atoms with Crippen molar-refractivity contribution in [2.45, 2.75) is 6.54 Å². The van der Waals surface area contributed by atoms with Gasteiger partial charge < -0.3 is 20.3 Å². The molecule has 2 N–H and O–H groups in total. The van der Waals surface area contributed by atoms with E-state index < -0.39 is 11.9 Å². The van der Waals surface area contributed by atoms with Crippen LogP contribution in [0.2, 0.25) is 0 Å². The molecule has 0 atom stereocenters. The van der Waals surface area contributed by atoms with E-state index in [2.05, 4.69) is 30.5 Å². The van der Waals surface area contributed by atoms with Gasteiger partial charge in [0.1, 0.15) is 5.69 Å². The Kier molecular flexibility index (Phi) is 5.21. The van der Waals surface area contributed by atoms with Crippen LogP contribution in [-0.4, -0.2) is 71.5 Å². The quantitative estimate of drug-likeness (QED) is 0.690. The lowest BCUT2D eigenvalue weighted by molar-refractivity contribution is -0.118. The van der Waals surface area contributed by atoms with E-state index in [1.807, 2.05) is 11.0 Å². The summed E-state index contributed by atoms with van der Waals surface area (Å²) in [7, 11) is 1.44. The van der Waals surface area contributed by atoms with Crippen molar-refractivity contribution in [3.63, 3.8) is 0 Å². The maximum Gasteiger partial charge on any atom is 0.288 e. The zero-order valence-electron chi connectivity index (χ0n) is 15.8. The van der Waals surface area contributed by atoms with Gasteiger partial charge in [-0.1, -0.05) is 0 Å². The number of anilines is 2. The number of hydrogen-bond acceptors (Lipinski definition) is 8. The highest BCUT2D eigenvalue weighted by Crippen LogP contribution is 2.27. The number of fused-ring (bicyclic) bond motifs is 1. The molecule has 2 amide bonds. The highest BCUT2D eigenvalue weighted by Gasteiger charge is 2.23. The Morgan fingerprint density at radius 3 is 2.79 bits per heavy atom. The summed E-state index contributed by atoms with van der Waals surface area (Å²) in [5, 5.41) is 5.14. The van der Waals surface area contributed by atoms with Crippen molar-refractivity contribution in [2.75, 3.05) is 50.1 Å². The maximum atomic E-state index is 14.3. The van der Waals surface area contributed by atoms with Gasteiger partial charge in [0, 0.05) is 39.8 Å². The topological polar surface area (TPSA) is 113 Å². The molecule has 1 fully saturated rings. The van der Waals surface area contributed by atoms with E-state index in [0.717, 1.165) is 5.69 Å². The Labute approximate surface area is 166 Å². The predicted molar refractivity (Wildman–Crippen MR) is 101 cm³/mol. The Hall–Kier alpha value is -3.34. The van der Waals surface area contributed by atoms with Crippen molar-refractivity contribution < 1.29 is 18.7 Å². The largest absolute Gasteiger partial charge is 0.480 e. The van der Waals surface area contributed by atoms with Crippen LogP contribution in [0.25, 0.3) is 0 Å². The minimum atomic E-state index is -0.709. The van der Waals surface area contributed by atoms with Crippen molar-refractivity contribution in [2.24, 2.45) is 0 Å². The summed E-state index contributed by atoms with van der Waals surface area (Å²) >= 11 is 0. The second-order valence-corrected chi connectivity index (χ2v) is 6.72. The Bertz CT molecular complexity index is 947. The molecular weight excluding hydrogens is 381 g/mol. The minimum absolute atomic E-state index is 0.000354. The molecule has 0 unspecified atom stereocenters. The molecule has 0 bridgehead atoms. The number of carbonyl (C=O) groups is 2. The van der Waals surface area contributed by atoms with Gasteiger partial charge in [-0.2, -0.15) is 9.37 Å². The highest BCUT2D eigenvalue weighted by molar-refractivity contribution is 5.95. The van der Waals surface area contributed by atoms with Crippen LogP contribution in [0.4, 0.5) is 15.8 Å². The van der Waals surface area contributed by atoms with Crippen LogP contribution < -0.4 is 20.3 Å². The molecule has 0 saturated carbocycles. The minimum Gasteiger partial charge on any atom is -0.480 e. The SMILES string of the molecule is CNC(=O)c1ncc(N2CCN(Cc3cc4c(cn3)OCC(=O)N4)CC2)c(F)n1. The van der Waals surface area contributed by atoms with Gasteiger partial charge in [-0.05, 0) is 6.07 Å². The standard InChI is InChI=1S/C18H20FN7O3/c1-20-18(28)17-22-7-13(16(19)24-17)26-4-2-25(3-5-26)9-11-6-12-14(8-21-11)29-10-15(27)23-12/h6-8H,2-5,9-10H2,1H3,(H,20,28)(H,23,27). The number of halogens is 1. The number of carbonyl (C=O) groups excluding carboxylic acids is 2. The first-order chi connectivity index (χ1) is 14.0. The number of aromatic nitrogens is 3. The molecule has 11 heteroatoms. The van der Waals surface area contributed by atoms with Crippen LogP contribution in [0.3, 0.4) is 0 Å². The zero-order valence-corrected chi connectivity index (χ0v) is 15.8. The van der Waals surface area contributed by atoms with Crippen LogP contribution >= 0.6 is 0 Å². The van der Waals surface area contributed by atoms with Crippen LogP contribution in [0.5, 0.6) is 5.75 Å². The van der Waals surface area contributed by atoms with Gasteiger partial charge in [-0.3, -0.25) is 19.5 Å². The van der Waals surface area contributed by atoms with Gasteiger partial charge in [0.25, 0.3) is 11.8 Å². The number of hydrogen-bond donors (Lipinski definition) is 2. The lowest BCUT2D eigenvalue weighted by atomic mass is 10.2. The number of rotatable bonds is 4. The van der Waals surface area contributed by atoms with Crippen molar-refractivity contribution >= 4 is 23.2 Å². The van der Waals surface area contributed by atoms with E-state index in [1.165, 1.54) is 13.2 Å². The summed E-state index contributed by atoms with van der Waals surface area (Å²) in [5.74, 6) is -1.05. The average Bonchev–Trinajstić information content (AvgIpc) is 2.73. The van der Waals surface area contributed by atoms with E-state index >= 15 is 0 Å². The van der Waals surface area contributed by atoms with E-state index in [1.54, 1.807) is 6.20 Å². The predicted octanol–water partition coefficient (Wildman–Crippen LogP) is 0.0234. The average molecular weight is 401 g/mol. The van der Waals surface area contributed by atoms with Crippen LogP contribution in [0, 0.1) is 5.95 Å². The molecule has 0 aromatic carbocycles. The molecule has 10 nitrogen and oxygen atoms in total. The summed E-state index contributed by atoms with van der Waals surface area (Å²) in [6, 6.07) is 1.81. The normalized spacial score (nSPS) is 16.6. The molecule has 0 radical (unpaired) electrons. The van der Waals surface area contributed by atoms with Crippen molar-refractivity contribution in [3.8, 4) is 5.75 Å². The number of nitrogens with one attached hydrogen (secondary N) is 2. The second-order valence-electron chi connectivity index (χ2n) is 6.72. The molecule has 2 aromatic heterocycles. The molecular formula is C18H20FN7O3. The number of pyridine rings is 1. The third-order valence-corrected chi connectivity index (χ3v) is 4.81. The van der Waals surface area contributed by atoms with E-state index in [-0.39, 0.29) is 24.0 Å². The molecule has 0 aliphatic carbocycles. The summed E-state index contributed by atoms with van der Waals surface area (Å²) in [5.41, 5.74) is 1.72. The van der Waals surface area contributed by atoms with Gasteiger partial charge in [0.15, 0.2) is 12.4 Å². The second kappa shape index (κ2) is 7.95.